The van der Waals surface area contributed by atoms with E-state index in [-0.39, 0.29) is 0 Å². The van der Waals surface area contributed by atoms with Crippen molar-refractivity contribution in [2.45, 2.75) is 0 Å². The van der Waals surface area contributed by atoms with Gasteiger partial charge in [0.15, 0.2) is 0 Å². The van der Waals surface area contributed by atoms with Gasteiger partial charge < -0.3 is 15.4 Å². The number of benzene rings is 1. The zero-order chi connectivity index (χ0) is 9.84. The fourth-order valence-electron chi connectivity index (χ4n) is 1.01. The molecule has 1 aromatic carbocycles. The first kappa shape index (κ1) is 9.69. The minimum atomic E-state index is -1.49. The lowest BCUT2D eigenvalue weighted by molar-refractivity contribution is 0.426. The summed E-state index contributed by atoms with van der Waals surface area (Å²) in [6.07, 6.45) is 0. The van der Waals surface area contributed by atoms with Crippen molar-refractivity contribution in [3.63, 3.8) is 0 Å². The van der Waals surface area contributed by atoms with Crippen LogP contribution in [0.25, 0.3) is 0 Å². The van der Waals surface area contributed by atoms with Gasteiger partial charge in [-0.25, -0.2) is 5.53 Å². The van der Waals surface area contributed by atoms with E-state index in [4.69, 9.17) is 15.6 Å². The molecule has 0 saturated carbocycles. The fraction of sp³-hybridized carbons (Fsp3) is 0.143. The maximum Gasteiger partial charge on any atom is 0.488 e. The largest absolute Gasteiger partial charge is 0.488 e. The highest BCUT2D eigenvalue weighted by Crippen LogP contribution is 2.21. The van der Waals surface area contributed by atoms with Crippen molar-refractivity contribution in [2.24, 2.45) is 5.11 Å². The lowest BCUT2D eigenvalue weighted by Gasteiger charge is -2.06. The fourth-order valence-corrected chi connectivity index (χ4v) is 1.01. The molecule has 4 N–H and O–H groups in total. The zero-order valence-electron chi connectivity index (χ0n) is 7.15. The number of hydrogen-bond acceptors (Lipinski definition) is 5. The standard InChI is InChI=1S/C7H10BN3O2/c1-10-7-4-5(8(12)13)2-3-6(7)11-9/h2-4,9-10,12-13H,1H3. The van der Waals surface area contributed by atoms with E-state index >= 15 is 0 Å². The molecule has 0 heterocycles. The van der Waals surface area contributed by atoms with Crippen molar-refractivity contribution in [3.8, 4) is 0 Å². The van der Waals surface area contributed by atoms with Crippen molar-refractivity contribution >= 4 is 24.0 Å². The smallest absolute Gasteiger partial charge is 0.423 e. The molecule has 0 aliphatic heterocycles. The molecule has 0 amide bonds. The first-order valence-corrected chi connectivity index (χ1v) is 3.74. The summed E-state index contributed by atoms with van der Waals surface area (Å²) in [7, 11) is 0.184. The Hall–Kier alpha value is -1.40. The topological polar surface area (TPSA) is 88.7 Å². The van der Waals surface area contributed by atoms with Gasteiger partial charge in [0.25, 0.3) is 0 Å². The second-order valence-electron chi connectivity index (χ2n) is 2.51. The monoisotopic (exact) mass is 179 g/mol. The number of anilines is 1. The van der Waals surface area contributed by atoms with E-state index in [0.717, 1.165) is 0 Å². The predicted octanol–water partition coefficient (Wildman–Crippen LogP) is 0.0706. The molecule has 0 radical (unpaired) electrons. The van der Waals surface area contributed by atoms with Crippen molar-refractivity contribution in [2.75, 3.05) is 12.4 Å². The Morgan fingerprint density at radius 1 is 1.46 bits per heavy atom. The minimum absolute atomic E-state index is 0.372. The summed E-state index contributed by atoms with van der Waals surface area (Å²) in [5.41, 5.74) is 8.26. The Kier molecular flexibility index (Phi) is 3.00. The Balaban J connectivity index is 3.12. The maximum atomic E-state index is 8.86. The average Bonchev–Trinajstić information content (AvgIpc) is 2.16. The zero-order valence-corrected chi connectivity index (χ0v) is 7.15. The minimum Gasteiger partial charge on any atom is -0.423 e. The molecule has 0 aliphatic rings. The average molecular weight is 179 g/mol. The van der Waals surface area contributed by atoms with Gasteiger partial charge in [-0.2, -0.15) is 5.11 Å². The molecule has 0 aliphatic carbocycles. The third-order valence-corrected chi connectivity index (χ3v) is 1.71. The van der Waals surface area contributed by atoms with Crippen LogP contribution in [0.4, 0.5) is 11.4 Å². The van der Waals surface area contributed by atoms with Crippen LogP contribution in [-0.4, -0.2) is 24.2 Å². The third-order valence-electron chi connectivity index (χ3n) is 1.71. The van der Waals surface area contributed by atoms with Crippen LogP contribution in [-0.2, 0) is 0 Å². The van der Waals surface area contributed by atoms with Crippen LogP contribution in [0, 0.1) is 5.53 Å². The lowest BCUT2D eigenvalue weighted by atomic mass is 9.80. The quantitative estimate of drug-likeness (QED) is 0.391. The Labute approximate surface area is 76.1 Å². The molecule has 13 heavy (non-hydrogen) atoms. The van der Waals surface area contributed by atoms with E-state index in [1.165, 1.54) is 12.1 Å². The molecule has 1 aromatic rings. The van der Waals surface area contributed by atoms with Gasteiger partial charge >= 0.3 is 7.12 Å². The van der Waals surface area contributed by atoms with E-state index in [9.17, 15) is 0 Å². The highest BCUT2D eigenvalue weighted by atomic mass is 16.4. The maximum absolute atomic E-state index is 8.86. The van der Waals surface area contributed by atoms with E-state index in [1.807, 2.05) is 0 Å². The van der Waals surface area contributed by atoms with Crippen LogP contribution < -0.4 is 10.8 Å². The molecular weight excluding hydrogens is 169 g/mol. The Morgan fingerprint density at radius 2 is 2.15 bits per heavy atom. The van der Waals surface area contributed by atoms with E-state index in [2.05, 4.69) is 10.4 Å². The molecule has 0 aromatic heterocycles. The van der Waals surface area contributed by atoms with E-state index < -0.39 is 7.12 Å². The van der Waals surface area contributed by atoms with E-state index in [0.29, 0.717) is 16.8 Å². The number of rotatable bonds is 3. The van der Waals surface area contributed by atoms with Crippen molar-refractivity contribution in [1.29, 1.82) is 5.53 Å². The normalized spacial score (nSPS) is 9.46. The van der Waals surface area contributed by atoms with Crippen molar-refractivity contribution in [1.82, 2.24) is 0 Å². The molecule has 0 saturated heterocycles. The summed E-state index contributed by atoms with van der Waals surface area (Å²) in [6, 6.07) is 4.60. The molecule has 6 heteroatoms. The van der Waals surface area contributed by atoms with Gasteiger partial charge in [-0.15, -0.1) is 0 Å². The second-order valence-corrected chi connectivity index (χ2v) is 2.51. The highest BCUT2D eigenvalue weighted by molar-refractivity contribution is 6.58. The van der Waals surface area contributed by atoms with Crippen LogP contribution >= 0.6 is 0 Å². The van der Waals surface area contributed by atoms with Gasteiger partial charge in [0, 0.05) is 7.05 Å². The molecule has 68 valence electrons. The van der Waals surface area contributed by atoms with Gasteiger partial charge in [0.1, 0.15) is 5.69 Å². The lowest BCUT2D eigenvalue weighted by Crippen LogP contribution is -2.29. The Morgan fingerprint density at radius 3 is 2.62 bits per heavy atom. The molecule has 0 spiro atoms. The SMILES string of the molecule is CNc1cc(B(O)O)ccc1N=N. The second kappa shape index (κ2) is 4.02. The summed E-state index contributed by atoms with van der Waals surface area (Å²) < 4.78 is 0. The van der Waals surface area contributed by atoms with Gasteiger partial charge in [-0.3, -0.25) is 0 Å². The summed E-state index contributed by atoms with van der Waals surface area (Å²) in [4.78, 5) is 0. The van der Waals surface area contributed by atoms with Crippen LogP contribution in [0.2, 0.25) is 0 Å². The predicted molar refractivity (Wildman–Crippen MR) is 50.6 cm³/mol. The molecular formula is C7H10BN3O2. The molecule has 0 bridgehead atoms. The molecule has 5 nitrogen and oxygen atoms in total. The summed E-state index contributed by atoms with van der Waals surface area (Å²) >= 11 is 0. The summed E-state index contributed by atoms with van der Waals surface area (Å²) in [5, 5.41) is 23.8. The molecule has 0 fully saturated rings. The van der Waals surface area contributed by atoms with Crippen molar-refractivity contribution < 1.29 is 10.0 Å². The molecule has 0 atom stereocenters. The number of hydrogen-bond donors (Lipinski definition) is 4. The van der Waals surface area contributed by atoms with Gasteiger partial charge in [-0.1, -0.05) is 6.07 Å². The van der Waals surface area contributed by atoms with Crippen molar-refractivity contribution in [3.05, 3.63) is 18.2 Å². The number of nitrogens with one attached hydrogen (secondary N) is 2. The van der Waals surface area contributed by atoms with Gasteiger partial charge in [-0.05, 0) is 17.6 Å². The molecule has 0 unspecified atom stereocenters. The third kappa shape index (κ3) is 2.04. The summed E-state index contributed by atoms with van der Waals surface area (Å²) in [5.74, 6) is 0. The van der Waals surface area contributed by atoms with Gasteiger partial charge in [0.05, 0.1) is 5.69 Å². The number of nitrogens with zero attached hydrogens (tertiary/aromatic N) is 1. The molecule has 1 rings (SSSR count). The van der Waals surface area contributed by atoms with Crippen LogP contribution in [0.3, 0.4) is 0 Å². The highest BCUT2D eigenvalue weighted by Gasteiger charge is 2.12. The summed E-state index contributed by atoms with van der Waals surface area (Å²) in [6.45, 7) is 0. The van der Waals surface area contributed by atoms with Crippen LogP contribution in [0.15, 0.2) is 23.3 Å². The van der Waals surface area contributed by atoms with Gasteiger partial charge in [0.2, 0.25) is 0 Å². The van der Waals surface area contributed by atoms with E-state index in [1.54, 1.807) is 13.1 Å². The first-order chi connectivity index (χ1) is 6.19. The van der Waals surface area contributed by atoms with Crippen LogP contribution in [0.5, 0.6) is 0 Å². The first-order valence-electron chi connectivity index (χ1n) is 3.74. The Bertz CT molecular complexity index is 317. The van der Waals surface area contributed by atoms with Crippen LogP contribution in [0.1, 0.15) is 0 Å².